The highest BCUT2D eigenvalue weighted by atomic mass is 79.9. The minimum absolute atomic E-state index is 0.465. The SMILES string of the molecule is Cc1sc(Br)cc1C(Cl)c1ccc(F)c(F)c1. The van der Waals surface area contributed by atoms with Crippen LogP contribution in [0.25, 0.3) is 0 Å². The van der Waals surface area contributed by atoms with Crippen LogP contribution in [0.2, 0.25) is 0 Å². The lowest BCUT2D eigenvalue weighted by Crippen LogP contribution is -1.95. The number of rotatable bonds is 2. The molecule has 0 amide bonds. The van der Waals surface area contributed by atoms with Gasteiger partial charge in [-0.1, -0.05) is 6.07 Å². The first kappa shape index (κ1) is 13.0. The van der Waals surface area contributed by atoms with Crippen LogP contribution in [0.3, 0.4) is 0 Å². The standard InChI is InChI=1S/C12H8BrClF2S/c1-6-8(5-11(13)17-6)12(14)7-2-3-9(15)10(16)4-7/h2-5,12H,1H3. The lowest BCUT2D eigenvalue weighted by Gasteiger charge is -2.09. The molecule has 0 saturated carbocycles. The van der Waals surface area contributed by atoms with E-state index in [1.165, 1.54) is 6.07 Å². The lowest BCUT2D eigenvalue weighted by molar-refractivity contribution is 0.507. The van der Waals surface area contributed by atoms with Gasteiger partial charge in [0.2, 0.25) is 0 Å². The second-order valence-corrected chi connectivity index (χ2v) is 6.67. The summed E-state index contributed by atoms with van der Waals surface area (Å²) in [5.74, 6) is -1.74. The molecule has 5 heteroatoms. The molecule has 90 valence electrons. The molecule has 2 rings (SSSR count). The third-order valence-corrected chi connectivity index (χ3v) is 4.49. The number of alkyl halides is 1. The summed E-state index contributed by atoms with van der Waals surface area (Å²) in [5.41, 5.74) is 1.47. The van der Waals surface area contributed by atoms with E-state index in [9.17, 15) is 8.78 Å². The van der Waals surface area contributed by atoms with Crippen molar-refractivity contribution < 1.29 is 8.78 Å². The van der Waals surface area contributed by atoms with Gasteiger partial charge in [0.05, 0.1) is 9.16 Å². The van der Waals surface area contributed by atoms with Crippen LogP contribution in [-0.2, 0) is 0 Å². The Kier molecular flexibility index (Phi) is 3.85. The second kappa shape index (κ2) is 5.04. The Morgan fingerprint density at radius 2 is 1.94 bits per heavy atom. The van der Waals surface area contributed by atoms with Crippen LogP contribution >= 0.6 is 38.9 Å². The van der Waals surface area contributed by atoms with Crippen molar-refractivity contribution in [1.29, 1.82) is 0 Å². The topological polar surface area (TPSA) is 0 Å². The Morgan fingerprint density at radius 3 is 2.47 bits per heavy atom. The fraction of sp³-hybridized carbons (Fsp3) is 0.167. The summed E-state index contributed by atoms with van der Waals surface area (Å²) in [7, 11) is 0. The van der Waals surface area contributed by atoms with Gasteiger partial charge in [-0.2, -0.15) is 0 Å². The molecule has 0 N–H and O–H groups in total. The summed E-state index contributed by atoms with van der Waals surface area (Å²) in [5, 5.41) is -0.465. The maximum absolute atomic E-state index is 13.1. The van der Waals surface area contributed by atoms with Crippen molar-refractivity contribution in [2.24, 2.45) is 0 Å². The minimum Gasteiger partial charge on any atom is -0.204 e. The van der Waals surface area contributed by atoms with Gasteiger partial charge in [0, 0.05) is 4.88 Å². The fourth-order valence-electron chi connectivity index (χ4n) is 1.56. The predicted molar refractivity (Wildman–Crippen MR) is 70.8 cm³/mol. The van der Waals surface area contributed by atoms with Crippen molar-refractivity contribution in [3.63, 3.8) is 0 Å². The van der Waals surface area contributed by atoms with Crippen molar-refractivity contribution in [3.8, 4) is 0 Å². The average Bonchev–Trinajstić information content (AvgIpc) is 2.61. The molecule has 0 nitrogen and oxygen atoms in total. The molecule has 1 aromatic carbocycles. The smallest absolute Gasteiger partial charge is 0.159 e. The number of halogens is 4. The Morgan fingerprint density at radius 1 is 1.24 bits per heavy atom. The van der Waals surface area contributed by atoms with Crippen molar-refractivity contribution in [3.05, 3.63) is 55.7 Å². The van der Waals surface area contributed by atoms with E-state index < -0.39 is 17.0 Å². The van der Waals surface area contributed by atoms with Gasteiger partial charge in [0.15, 0.2) is 11.6 Å². The number of thiophene rings is 1. The molecule has 0 saturated heterocycles. The van der Waals surface area contributed by atoms with Gasteiger partial charge in [0.1, 0.15) is 0 Å². The quantitative estimate of drug-likeness (QED) is 0.641. The Bertz CT molecular complexity index is 553. The van der Waals surface area contributed by atoms with Gasteiger partial charge in [-0.05, 0) is 52.2 Å². The molecule has 0 fully saturated rings. The fourth-order valence-corrected chi connectivity index (χ4v) is 3.73. The maximum Gasteiger partial charge on any atom is 0.159 e. The normalized spacial score (nSPS) is 12.8. The van der Waals surface area contributed by atoms with E-state index in [0.717, 1.165) is 26.4 Å². The Balaban J connectivity index is 2.40. The zero-order chi connectivity index (χ0) is 12.6. The summed E-state index contributed by atoms with van der Waals surface area (Å²) >= 11 is 11.2. The van der Waals surface area contributed by atoms with E-state index in [1.807, 2.05) is 13.0 Å². The van der Waals surface area contributed by atoms with Crippen molar-refractivity contribution >= 4 is 38.9 Å². The van der Waals surface area contributed by atoms with Crippen LogP contribution in [0.5, 0.6) is 0 Å². The molecule has 0 aliphatic carbocycles. The highest BCUT2D eigenvalue weighted by Crippen LogP contribution is 2.37. The number of aryl methyl sites for hydroxylation is 1. The molecule has 1 unspecified atom stereocenters. The zero-order valence-corrected chi connectivity index (χ0v) is 12.0. The van der Waals surface area contributed by atoms with E-state index in [1.54, 1.807) is 11.3 Å². The molecule has 1 aromatic heterocycles. The molecule has 0 aliphatic rings. The summed E-state index contributed by atoms with van der Waals surface area (Å²) in [4.78, 5) is 1.06. The largest absolute Gasteiger partial charge is 0.204 e. The Labute approximate surface area is 115 Å². The molecule has 2 aromatic rings. The summed E-state index contributed by atoms with van der Waals surface area (Å²) < 4.78 is 26.9. The van der Waals surface area contributed by atoms with Crippen LogP contribution in [0.4, 0.5) is 8.78 Å². The maximum atomic E-state index is 13.1. The van der Waals surface area contributed by atoms with E-state index in [4.69, 9.17) is 11.6 Å². The highest BCUT2D eigenvalue weighted by Gasteiger charge is 2.17. The van der Waals surface area contributed by atoms with Crippen molar-refractivity contribution in [1.82, 2.24) is 0 Å². The van der Waals surface area contributed by atoms with Gasteiger partial charge < -0.3 is 0 Å². The summed E-state index contributed by atoms with van der Waals surface area (Å²) in [6.07, 6.45) is 0. The highest BCUT2D eigenvalue weighted by molar-refractivity contribution is 9.11. The van der Waals surface area contributed by atoms with Gasteiger partial charge in [-0.15, -0.1) is 22.9 Å². The predicted octanol–water partition coefficient (Wildman–Crippen LogP) is 5.43. The van der Waals surface area contributed by atoms with Gasteiger partial charge in [-0.25, -0.2) is 8.78 Å². The Hall–Kier alpha value is -0.450. The van der Waals surface area contributed by atoms with Gasteiger partial charge in [-0.3, -0.25) is 0 Å². The van der Waals surface area contributed by atoms with Crippen molar-refractivity contribution in [2.45, 2.75) is 12.3 Å². The third-order valence-electron chi connectivity index (χ3n) is 2.44. The lowest BCUT2D eigenvalue weighted by atomic mass is 10.1. The van der Waals surface area contributed by atoms with Crippen molar-refractivity contribution in [2.75, 3.05) is 0 Å². The summed E-state index contributed by atoms with van der Waals surface area (Å²) in [6.45, 7) is 1.94. The van der Waals surface area contributed by atoms with Gasteiger partial charge in [0.25, 0.3) is 0 Å². The molecular weight excluding hydrogens is 330 g/mol. The third kappa shape index (κ3) is 2.69. The van der Waals surface area contributed by atoms with Crippen LogP contribution in [0.15, 0.2) is 28.1 Å². The van der Waals surface area contributed by atoms with E-state index in [0.29, 0.717) is 5.56 Å². The molecule has 1 atom stereocenters. The van der Waals surface area contributed by atoms with Crippen LogP contribution < -0.4 is 0 Å². The van der Waals surface area contributed by atoms with E-state index in [2.05, 4.69) is 15.9 Å². The van der Waals surface area contributed by atoms with Crippen LogP contribution in [-0.4, -0.2) is 0 Å². The molecule has 1 heterocycles. The molecule has 0 bridgehead atoms. The van der Waals surface area contributed by atoms with Gasteiger partial charge >= 0.3 is 0 Å². The number of benzene rings is 1. The second-order valence-electron chi connectivity index (χ2n) is 3.60. The molecule has 0 aliphatic heterocycles. The molecular formula is C12H8BrClF2S. The molecule has 0 radical (unpaired) electrons. The first-order valence-corrected chi connectivity index (χ1v) is 6.88. The van der Waals surface area contributed by atoms with Crippen LogP contribution in [0, 0.1) is 18.6 Å². The zero-order valence-electron chi connectivity index (χ0n) is 8.81. The first-order chi connectivity index (χ1) is 7.99. The minimum atomic E-state index is -0.875. The van der Waals surface area contributed by atoms with E-state index in [-0.39, 0.29) is 0 Å². The average molecular weight is 338 g/mol. The first-order valence-electron chi connectivity index (χ1n) is 4.84. The number of hydrogen-bond donors (Lipinski definition) is 0. The summed E-state index contributed by atoms with van der Waals surface area (Å²) in [6, 6.07) is 5.63. The monoisotopic (exact) mass is 336 g/mol. The molecule has 0 spiro atoms. The molecule has 17 heavy (non-hydrogen) atoms. The van der Waals surface area contributed by atoms with E-state index >= 15 is 0 Å². The van der Waals surface area contributed by atoms with Crippen LogP contribution in [0.1, 0.15) is 21.4 Å². The number of hydrogen-bond acceptors (Lipinski definition) is 1.